The first-order chi connectivity index (χ1) is 11.5. The molecular formula is C17H35NO5Si. The molecule has 0 aromatic rings. The number of hydrogen-bond donors (Lipinski definition) is 1. The van der Waals surface area contributed by atoms with Gasteiger partial charge in [0, 0.05) is 32.4 Å². The van der Waals surface area contributed by atoms with Gasteiger partial charge in [-0.1, -0.05) is 6.42 Å². The molecule has 0 atom stereocenters. The van der Waals surface area contributed by atoms with Gasteiger partial charge in [0.15, 0.2) is 0 Å². The second-order valence-electron chi connectivity index (χ2n) is 6.41. The van der Waals surface area contributed by atoms with Gasteiger partial charge in [-0.3, -0.25) is 0 Å². The highest BCUT2D eigenvalue weighted by atomic mass is 28.4. The molecule has 1 rings (SSSR count). The molecule has 6 nitrogen and oxygen atoms in total. The lowest BCUT2D eigenvalue weighted by Gasteiger charge is -2.33. The minimum Gasteiger partial charge on any atom is -0.443 e. The molecule has 0 bridgehead atoms. The molecule has 0 aliphatic heterocycles. The zero-order valence-electron chi connectivity index (χ0n) is 15.8. The lowest BCUT2D eigenvalue weighted by molar-refractivity contribution is -0.00208. The van der Waals surface area contributed by atoms with Crippen LogP contribution in [0.4, 0.5) is 4.79 Å². The smallest absolute Gasteiger partial charge is 0.443 e. The Morgan fingerprint density at radius 1 is 1.00 bits per heavy atom. The predicted molar refractivity (Wildman–Crippen MR) is 96.0 cm³/mol. The number of rotatable bonds is 11. The Labute approximate surface area is 147 Å². The maximum atomic E-state index is 12.0. The van der Waals surface area contributed by atoms with Gasteiger partial charge in [0.25, 0.3) is 0 Å². The highest BCUT2D eigenvalue weighted by Gasteiger charge is 2.39. The summed E-state index contributed by atoms with van der Waals surface area (Å²) < 4.78 is 23.0. The van der Waals surface area contributed by atoms with Crippen molar-refractivity contribution in [3.8, 4) is 0 Å². The van der Waals surface area contributed by atoms with Crippen LogP contribution in [-0.4, -0.2) is 46.9 Å². The van der Waals surface area contributed by atoms with Crippen molar-refractivity contribution in [1.29, 1.82) is 0 Å². The second kappa shape index (κ2) is 11.1. The number of ether oxygens (including phenoxy) is 1. The number of carbonyl (C=O) groups excluding carboxylic acids is 1. The predicted octanol–water partition coefficient (Wildman–Crippen LogP) is 3.87. The van der Waals surface area contributed by atoms with Crippen LogP contribution < -0.4 is 5.32 Å². The summed E-state index contributed by atoms with van der Waals surface area (Å²) in [7, 11) is -2.62. The average molecular weight is 362 g/mol. The molecule has 1 aliphatic carbocycles. The van der Waals surface area contributed by atoms with E-state index in [-0.39, 0.29) is 11.7 Å². The third kappa shape index (κ3) is 7.50. The van der Waals surface area contributed by atoms with E-state index in [2.05, 4.69) is 5.32 Å². The Kier molecular flexibility index (Phi) is 9.88. The van der Waals surface area contributed by atoms with Crippen molar-refractivity contribution in [2.75, 3.05) is 26.4 Å². The lowest BCUT2D eigenvalue weighted by Crippen LogP contribution is -2.46. The van der Waals surface area contributed by atoms with E-state index >= 15 is 0 Å². The molecule has 1 fully saturated rings. The van der Waals surface area contributed by atoms with Gasteiger partial charge in [-0.25, -0.2) is 4.79 Å². The monoisotopic (exact) mass is 361 g/mol. The molecule has 24 heavy (non-hydrogen) atoms. The first kappa shape index (κ1) is 21.4. The second-order valence-corrected chi connectivity index (χ2v) is 9.14. The van der Waals surface area contributed by atoms with Gasteiger partial charge in [0.1, 0.15) is 5.60 Å². The maximum Gasteiger partial charge on any atom is 0.500 e. The van der Waals surface area contributed by atoms with Crippen LogP contribution in [0.3, 0.4) is 0 Å². The Bertz CT molecular complexity index is 344. The Morgan fingerprint density at radius 2 is 1.54 bits per heavy atom. The molecule has 142 valence electrons. The summed E-state index contributed by atoms with van der Waals surface area (Å²) in [5.74, 6) is 0. The zero-order valence-corrected chi connectivity index (χ0v) is 16.8. The molecule has 1 N–H and O–H groups in total. The van der Waals surface area contributed by atoms with Gasteiger partial charge in [0.05, 0.1) is 0 Å². The van der Waals surface area contributed by atoms with Crippen molar-refractivity contribution in [2.45, 2.75) is 77.9 Å². The van der Waals surface area contributed by atoms with Crippen LogP contribution >= 0.6 is 0 Å². The largest absolute Gasteiger partial charge is 0.500 e. The molecule has 0 spiro atoms. The summed E-state index contributed by atoms with van der Waals surface area (Å²) in [5.41, 5.74) is -0.303. The van der Waals surface area contributed by atoms with Crippen LogP contribution in [0.5, 0.6) is 0 Å². The van der Waals surface area contributed by atoms with Crippen LogP contribution in [0.15, 0.2) is 0 Å². The van der Waals surface area contributed by atoms with Crippen LogP contribution in [0, 0.1) is 0 Å². The summed E-state index contributed by atoms with van der Waals surface area (Å²) in [6.07, 6.45) is 5.84. The van der Waals surface area contributed by atoms with E-state index in [0.717, 1.165) is 32.1 Å². The molecule has 1 saturated carbocycles. The number of amides is 1. The number of hydrogen-bond acceptors (Lipinski definition) is 5. The molecule has 0 aromatic carbocycles. The van der Waals surface area contributed by atoms with E-state index in [0.29, 0.717) is 32.4 Å². The van der Waals surface area contributed by atoms with Gasteiger partial charge >= 0.3 is 14.9 Å². The maximum absolute atomic E-state index is 12.0. The topological polar surface area (TPSA) is 66.0 Å². The normalized spacial score (nSPS) is 17.5. The van der Waals surface area contributed by atoms with E-state index in [1.54, 1.807) is 0 Å². The molecule has 1 amide bonds. The molecule has 0 aromatic heterocycles. The minimum atomic E-state index is -2.62. The van der Waals surface area contributed by atoms with E-state index < -0.39 is 8.80 Å². The van der Waals surface area contributed by atoms with Gasteiger partial charge in [-0.2, -0.15) is 0 Å². The number of carbonyl (C=O) groups is 1. The standard InChI is InChI=1S/C17H35NO5Si/c1-5-20-24(21-6-2,22-7-3)15-11-14-18-16(19)23-17(4)12-9-8-10-13-17/h5-15H2,1-4H3,(H,18,19). The average Bonchev–Trinajstić information content (AvgIpc) is 2.53. The van der Waals surface area contributed by atoms with Crippen molar-refractivity contribution >= 4 is 14.9 Å². The highest BCUT2D eigenvalue weighted by Crippen LogP contribution is 2.31. The SMILES string of the molecule is CCO[Si](CCCNC(=O)OC1(C)CCCCC1)(OCC)OCC. The van der Waals surface area contributed by atoms with Crippen LogP contribution in [0.2, 0.25) is 6.04 Å². The van der Waals surface area contributed by atoms with E-state index in [1.165, 1.54) is 6.42 Å². The zero-order chi connectivity index (χ0) is 17.9. The van der Waals surface area contributed by atoms with Crippen molar-refractivity contribution in [3.63, 3.8) is 0 Å². The number of nitrogens with one attached hydrogen (secondary N) is 1. The van der Waals surface area contributed by atoms with Crippen LogP contribution in [0.25, 0.3) is 0 Å². The molecule has 7 heteroatoms. The third-order valence-corrected chi connectivity index (χ3v) is 7.42. The van der Waals surface area contributed by atoms with Crippen LogP contribution in [0.1, 0.15) is 66.2 Å². The molecule has 0 saturated heterocycles. The first-order valence-corrected chi connectivity index (χ1v) is 11.3. The molecule has 1 aliphatic rings. The third-order valence-electron chi connectivity index (χ3n) is 4.27. The van der Waals surface area contributed by atoms with Crippen molar-refractivity contribution in [3.05, 3.63) is 0 Å². The molecule has 0 unspecified atom stereocenters. The fraction of sp³-hybridized carbons (Fsp3) is 0.941. The van der Waals surface area contributed by atoms with E-state index in [1.807, 2.05) is 27.7 Å². The van der Waals surface area contributed by atoms with E-state index in [4.69, 9.17) is 18.0 Å². The number of alkyl carbamates (subject to hydrolysis) is 1. The summed E-state index contributed by atoms with van der Waals surface area (Å²) in [4.78, 5) is 12.0. The summed E-state index contributed by atoms with van der Waals surface area (Å²) in [6, 6.07) is 0.695. The van der Waals surface area contributed by atoms with Gasteiger partial charge in [-0.05, 0) is 59.8 Å². The van der Waals surface area contributed by atoms with Crippen molar-refractivity contribution in [1.82, 2.24) is 5.32 Å². The van der Waals surface area contributed by atoms with E-state index in [9.17, 15) is 4.79 Å². The highest BCUT2D eigenvalue weighted by molar-refractivity contribution is 6.60. The fourth-order valence-electron chi connectivity index (χ4n) is 3.16. The molecule has 0 radical (unpaired) electrons. The molecule has 0 heterocycles. The first-order valence-electron chi connectivity index (χ1n) is 9.38. The van der Waals surface area contributed by atoms with Crippen molar-refractivity contribution < 1.29 is 22.8 Å². The summed E-state index contributed by atoms with van der Waals surface area (Å²) in [5, 5.41) is 2.85. The Morgan fingerprint density at radius 3 is 2.04 bits per heavy atom. The summed E-state index contributed by atoms with van der Waals surface area (Å²) >= 11 is 0. The Balaban J connectivity index is 2.34. The van der Waals surface area contributed by atoms with Gasteiger partial charge in [0.2, 0.25) is 0 Å². The quantitative estimate of drug-likeness (QED) is 0.447. The molecular weight excluding hydrogens is 326 g/mol. The fourth-order valence-corrected chi connectivity index (χ4v) is 5.77. The van der Waals surface area contributed by atoms with Gasteiger partial charge < -0.3 is 23.3 Å². The minimum absolute atomic E-state index is 0.303. The summed E-state index contributed by atoms with van der Waals surface area (Å²) in [6.45, 7) is 10.1. The van der Waals surface area contributed by atoms with Gasteiger partial charge in [-0.15, -0.1) is 0 Å². The lowest BCUT2D eigenvalue weighted by atomic mass is 9.86. The van der Waals surface area contributed by atoms with Crippen molar-refractivity contribution in [2.24, 2.45) is 0 Å². The Hall–Kier alpha value is -0.633. The van der Waals surface area contributed by atoms with Crippen LogP contribution in [-0.2, 0) is 18.0 Å².